The predicted molar refractivity (Wildman–Crippen MR) is 107 cm³/mol. The van der Waals surface area contributed by atoms with E-state index in [9.17, 15) is 0 Å². The van der Waals surface area contributed by atoms with Gasteiger partial charge in [0.05, 0.1) is 5.69 Å². The van der Waals surface area contributed by atoms with Crippen molar-refractivity contribution in [1.82, 2.24) is 20.2 Å². The first-order valence-electron chi connectivity index (χ1n) is 8.38. The molecule has 0 spiro atoms. The maximum absolute atomic E-state index is 5.91. The third-order valence-corrected chi connectivity index (χ3v) is 4.42. The third-order valence-electron chi connectivity index (χ3n) is 3.89. The van der Waals surface area contributed by atoms with Crippen LogP contribution in [0.15, 0.2) is 83.3 Å². The van der Waals surface area contributed by atoms with Gasteiger partial charge in [0.2, 0.25) is 0 Å². The lowest BCUT2D eigenvalue weighted by Gasteiger charge is -2.09. The monoisotopic (exact) mass is 421 g/mol. The standard InChI is InChI=1S/C20H16BrN5O/c21-16-9-11-17(12-10-16)22-14-15-5-4-8-19(13-15)27-20-23-24-25-26(20)18-6-2-1-3-7-18/h1-13,22H,14H2. The van der Waals surface area contributed by atoms with Crippen molar-refractivity contribution in [3.05, 3.63) is 88.9 Å². The van der Waals surface area contributed by atoms with Gasteiger partial charge in [-0.05, 0) is 64.5 Å². The van der Waals surface area contributed by atoms with Crippen LogP contribution in [0, 0.1) is 0 Å². The molecule has 1 N–H and O–H groups in total. The van der Waals surface area contributed by atoms with Gasteiger partial charge in [-0.25, -0.2) is 0 Å². The van der Waals surface area contributed by atoms with E-state index in [1.54, 1.807) is 4.68 Å². The summed E-state index contributed by atoms with van der Waals surface area (Å²) < 4.78 is 8.52. The molecule has 134 valence electrons. The SMILES string of the molecule is Brc1ccc(NCc2cccc(Oc3nnnn3-c3ccccc3)c2)cc1. The van der Waals surface area contributed by atoms with E-state index >= 15 is 0 Å². The van der Waals surface area contributed by atoms with Gasteiger partial charge in [0.15, 0.2) is 0 Å². The molecule has 0 radical (unpaired) electrons. The second-order valence-electron chi connectivity index (χ2n) is 5.82. The van der Waals surface area contributed by atoms with Gasteiger partial charge in [-0.1, -0.05) is 51.4 Å². The Hall–Kier alpha value is -3.19. The second-order valence-corrected chi connectivity index (χ2v) is 6.73. The summed E-state index contributed by atoms with van der Waals surface area (Å²) >= 11 is 3.44. The number of anilines is 1. The predicted octanol–water partition coefficient (Wildman–Crippen LogP) is 4.83. The van der Waals surface area contributed by atoms with E-state index in [4.69, 9.17) is 4.74 Å². The minimum absolute atomic E-state index is 0.319. The Bertz CT molecular complexity index is 1020. The Balaban J connectivity index is 1.47. The molecule has 0 aliphatic carbocycles. The lowest BCUT2D eigenvalue weighted by molar-refractivity contribution is 0.427. The number of benzene rings is 3. The van der Waals surface area contributed by atoms with Crippen LogP contribution in [-0.2, 0) is 6.54 Å². The molecule has 3 aromatic carbocycles. The molecule has 0 saturated carbocycles. The molecule has 4 aromatic rings. The quantitative estimate of drug-likeness (QED) is 0.482. The van der Waals surface area contributed by atoms with Crippen LogP contribution in [0.3, 0.4) is 0 Å². The van der Waals surface area contributed by atoms with Crippen molar-refractivity contribution in [2.75, 3.05) is 5.32 Å². The van der Waals surface area contributed by atoms with Crippen LogP contribution < -0.4 is 10.1 Å². The van der Waals surface area contributed by atoms with Crippen LogP contribution in [0.5, 0.6) is 11.8 Å². The number of nitrogens with one attached hydrogen (secondary N) is 1. The Labute approximate surface area is 164 Å². The molecule has 0 saturated heterocycles. The van der Waals surface area contributed by atoms with E-state index in [1.807, 2.05) is 78.9 Å². The fraction of sp³-hybridized carbons (Fsp3) is 0.0500. The summed E-state index contributed by atoms with van der Waals surface area (Å²) in [6, 6.07) is 25.9. The first kappa shape index (κ1) is 17.2. The van der Waals surface area contributed by atoms with Crippen LogP contribution in [0.1, 0.15) is 5.56 Å². The third kappa shape index (κ3) is 4.32. The minimum atomic E-state index is 0.319. The van der Waals surface area contributed by atoms with Crippen molar-refractivity contribution in [1.29, 1.82) is 0 Å². The molecule has 0 aliphatic rings. The van der Waals surface area contributed by atoms with E-state index < -0.39 is 0 Å². The average molecular weight is 422 g/mol. The number of hydrogen-bond donors (Lipinski definition) is 1. The lowest BCUT2D eigenvalue weighted by atomic mass is 10.2. The first-order chi connectivity index (χ1) is 13.3. The number of ether oxygens (including phenoxy) is 1. The van der Waals surface area contributed by atoms with Crippen molar-refractivity contribution in [3.8, 4) is 17.4 Å². The Kier molecular flexibility index (Phi) is 5.11. The summed E-state index contributed by atoms with van der Waals surface area (Å²) in [6.07, 6.45) is 0. The molecule has 0 aliphatic heterocycles. The summed E-state index contributed by atoms with van der Waals surface area (Å²) in [5.74, 6) is 0.678. The van der Waals surface area contributed by atoms with Gasteiger partial charge in [-0.3, -0.25) is 0 Å². The molecular formula is C20H16BrN5O. The largest absolute Gasteiger partial charge is 0.423 e. The van der Waals surface area contributed by atoms with Crippen molar-refractivity contribution in [2.24, 2.45) is 0 Å². The maximum Gasteiger partial charge on any atom is 0.345 e. The summed E-state index contributed by atoms with van der Waals surface area (Å²) in [6.45, 7) is 0.683. The number of rotatable bonds is 6. The van der Waals surface area contributed by atoms with Gasteiger partial charge >= 0.3 is 6.01 Å². The normalized spacial score (nSPS) is 10.6. The molecular weight excluding hydrogens is 406 g/mol. The van der Waals surface area contributed by atoms with Crippen molar-refractivity contribution in [2.45, 2.75) is 6.54 Å². The summed E-state index contributed by atoms with van der Waals surface area (Å²) in [5, 5.41) is 15.1. The zero-order valence-corrected chi connectivity index (χ0v) is 15.9. The number of para-hydroxylation sites is 1. The number of nitrogens with zero attached hydrogens (tertiary/aromatic N) is 4. The minimum Gasteiger partial charge on any atom is -0.423 e. The lowest BCUT2D eigenvalue weighted by Crippen LogP contribution is -2.01. The molecule has 27 heavy (non-hydrogen) atoms. The zero-order chi connectivity index (χ0) is 18.5. The Morgan fingerprint density at radius 1 is 0.926 bits per heavy atom. The molecule has 0 unspecified atom stereocenters. The van der Waals surface area contributed by atoms with Crippen LogP contribution >= 0.6 is 15.9 Å². The Morgan fingerprint density at radius 3 is 2.56 bits per heavy atom. The van der Waals surface area contributed by atoms with Crippen LogP contribution in [0.4, 0.5) is 5.69 Å². The van der Waals surface area contributed by atoms with Crippen molar-refractivity contribution >= 4 is 21.6 Å². The first-order valence-corrected chi connectivity index (χ1v) is 9.17. The highest BCUT2D eigenvalue weighted by Gasteiger charge is 2.10. The van der Waals surface area contributed by atoms with Gasteiger partial charge in [0.25, 0.3) is 0 Å². The number of tetrazole rings is 1. The van der Waals surface area contributed by atoms with Gasteiger partial charge in [0.1, 0.15) is 5.75 Å². The van der Waals surface area contributed by atoms with E-state index in [2.05, 4.69) is 36.8 Å². The highest BCUT2D eigenvalue weighted by Crippen LogP contribution is 2.22. The van der Waals surface area contributed by atoms with Gasteiger partial charge < -0.3 is 10.1 Å². The average Bonchev–Trinajstić information content (AvgIpc) is 3.17. The van der Waals surface area contributed by atoms with E-state index in [0.29, 0.717) is 18.3 Å². The molecule has 0 fully saturated rings. The summed E-state index contributed by atoms with van der Waals surface area (Å²) in [7, 11) is 0. The molecule has 0 atom stereocenters. The molecule has 4 rings (SSSR count). The van der Waals surface area contributed by atoms with Crippen LogP contribution in [0.2, 0.25) is 0 Å². The van der Waals surface area contributed by atoms with E-state index in [0.717, 1.165) is 21.4 Å². The molecule has 7 heteroatoms. The topological polar surface area (TPSA) is 64.9 Å². The smallest absolute Gasteiger partial charge is 0.345 e. The van der Waals surface area contributed by atoms with Crippen LogP contribution in [-0.4, -0.2) is 20.2 Å². The number of hydrogen-bond acceptors (Lipinski definition) is 5. The molecule has 0 amide bonds. The van der Waals surface area contributed by atoms with Gasteiger partial charge in [-0.15, -0.1) is 0 Å². The summed E-state index contributed by atoms with van der Waals surface area (Å²) in [4.78, 5) is 0. The molecule has 6 nitrogen and oxygen atoms in total. The van der Waals surface area contributed by atoms with Crippen LogP contribution in [0.25, 0.3) is 5.69 Å². The number of halogens is 1. The molecule has 1 aromatic heterocycles. The second kappa shape index (κ2) is 8.01. The fourth-order valence-corrected chi connectivity index (χ4v) is 2.83. The summed E-state index contributed by atoms with van der Waals surface area (Å²) in [5.41, 5.74) is 2.98. The highest BCUT2D eigenvalue weighted by molar-refractivity contribution is 9.10. The number of aromatic nitrogens is 4. The van der Waals surface area contributed by atoms with E-state index in [1.165, 1.54) is 0 Å². The molecule has 0 bridgehead atoms. The Morgan fingerprint density at radius 2 is 1.74 bits per heavy atom. The maximum atomic E-state index is 5.91. The highest BCUT2D eigenvalue weighted by atomic mass is 79.9. The van der Waals surface area contributed by atoms with E-state index in [-0.39, 0.29) is 0 Å². The zero-order valence-electron chi connectivity index (χ0n) is 14.3. The van der Waals surface area contributed by atoms with Crippen molar-refractivity contribution in [3.63, 3.8) is 0 Å². The molecule has 1 heterocycles. The fourth-order valence-electron chi connectivity index (χ4n) is 2.57. The van der Waals surface area contributed by atoms with Crippen molar-refractivity contribution < 1.29 is 4.74 Å². The van der Waals surface area contributed by atoms with Gasteiger partial charge in [-0.2, -0.15) is 4.68 Å². The van der Waals surface area contributed by atoms with Gasteiger partial charge in [0, 0.05) is 16.7 Å².